The van der Waals surface area contributed by atoms with Crippen LogP contribution in [0.5, 0.6) is 0 Å². The van der Waals surface area contributed by atoms with Gasteiger partial charge < -0.3 is 23.9 Å². The first kappa shape index (κ1) is 35.5. The molecular weight excluding hydrogens is 632 g/mol. The molecule has 4 aromatic rings. The Balaban J connectivity index is 0.000000182. The summed E-state index contributed by atoms with van der Waals surface area (Å²) in [6.45, 7) is 4.71. The Morgan fingerprint density at radius 3 is 2.22 bits per heavy atom. The zero-order valence-electron chi connectivity index (χ0n) is 29.1. The van der Waals surface area contributed by atoms with Gasteiger partial charge >= 0.3 is 11.9 Å². The summed E-state index contributed by atoms with van der Waals surface area (Å²) in [6, 6.07) is 25.0. The molecular formula is C41H48N2O7. The average molecular weight is 681 g/mol. The maximum atomic E-state index is 12.9. The number of aliphatic hydroxyl groups is 1. The molecule has 0 amide bonds. The number of aliphatic hydroxyl groups excluding tert-OH is 1. The lowest BCUT2D eigenvalue weighted by Gasteiger charge is -2.36. The van der Waals surface area contributed by atoms with Crippen molar-refractivity contribution in [2.75, 3.05) is 39.9 Å². The van der Waals surface area contributed by atoms with Gasteiger partial charge in [-0.1, -0.05) is 73.2 Å². The van der Waals surface area contributed by atoms with E-state index in [0.717, 1.165) is 43.6 Å². The molecule has 1 unspecified atom stereocenters. The first-order chi connectivity index (χ1) is 24.3. The fraction of sp³-hybridized carbons (Fsp3) is 0.439. The lowest BCUT2D eigenvalue weighted by molar-refractivity contribution is -0.155. The van der Waals surface area contributed by atoms with Crippen LogP contribution in [-0.4, -0.2) is 84.9 Å². The van der Waals surface area contributed by atoms with Gasteiger partial charge in [0.2, 0.25) is 0 Å². The van der Waals surface area contributed by atoms with E-state index in [0.29, 0.717) is 35.4 Å². The van der Waals surface area contributed by atoms with Crippen molar-refractivity contribution in [2.24, 2.45) is 0 Å². The smallest absolute Gasteiger partial charge is 0.342 e. The van der Waals surface area contributed by atoms with Crippen molar-refractivity contribution in [2.45, 2.75) is 76.0 Å². The van der Waals surface area contributed by atoms with Gasteiger partial charge in [0.25, 0.3) is 0 Å². The van der Waals surface area contributed by atoms with Gasteiger partial charge in [-0.3, -0.25) is 14.5 Å². The van der Waals surface area contributed by atoms with Crippen molar-refractivity contribution in [3.63, 3.8) is 0 Å². The third-order valence-electron chi connectivity index (χ3n) is 10.5. The Morgan fingerprint density at radius 2 is 1.56 bits per heavy atom. The van der Waals surface area contributed by atoms with Gasteiger partial charge in [0.1, 0.15) is 30.0 Å². The standard InChI is InChI=1S/C24H25NO4.C17H23NO3/c1-17-21(26)19-11-8-12-20(23(19)29-22(17)18-9-4-2-5-10-18)24(27)28-16-15-25-13-6-3-7-14-25;1-18-13-7-8-14(18)10-15(9-13)21-17(20)16(11-19)12-5-3-2-4-6-12/h2,4-5,8-12H,3,6-7,13-16H2,1H3;2-6,13-16,19H,7-11H2,1H3/t;13-,14+,15?,16-/m.1/s1. The van der Waals surface area contributed by atoms with Crippen LogP contribution in [0, 0.1) is 6.92 Å². The summed E-state index contributed by atoms with van der Waals surface area (Å²) in [5.74, 6) is -0.837. The van der Waals surface area contributed by atoms with Crippen LogP contribution < -0.4 is 5.43 Å². The molecule has 4 atom stereocenters. The van der Waals surface area contributed by atoms with Crippen LogP contribution in [0.1, 0.15) is 72.3 Å². The Labute approximate surface area is 293 Å². The fourth-order valence-corrected chi connectivity index (χ4v) is 7.57. The van der Waals surface area contributed by atoms with Crippen molar-refractivity contribution in [1.82, 2.24) is 9.80 Å². The molecule has 1 N–H and O–H groups in total. The van der Waals surface area contributed by atoms with E-state index in [4.69, 9.17) is 13.9 Å². The molecule has 2 bridgehead atoms. The van der Waals surface area contributed by atoms with E-state index in [1.807, 2.05) is 60.7 Å². The molecule has 3 aliphatic heterocycles. The summed E-state index contributed by atoms with van der Waals surface area (Å²) in [5, 5.41) is 9.92. The third-order valence-corrected chi connectivity index (χ3v) is 10.5. The Bertz CT molecular complexity index is 1790. The molecule has 3 aromatic carbocycles. The third kappa shape index (κ3) is 8.18. The highest BCUT2D eigenvalue weighted by Crippen LogP contribution is 2.36. The van der Waals surface area contributed by atoms with Gasteiger partial charge in [-0.25, -0.2) is 4.79 Å². The number of hydrogen-bond acceptors (Lipinski definition) is 9. The SMILES string of the molecule is CN1[C@@H]2CC[C@H]1CC(OC(=O)[C@H](CO)c1ccccc1)C2.Cc1c(-c2ccccc2)oc2c(C(=O)OCCN3CCCCC3)cccc2c1=O. The van der Waals surface area contributed by atoms with Gasteiger partial charge in [-0.2, -0.15) is 0 Å². The molecule has 9 nitrogen and oxygen atoms in total. The second kappa shape index (κ2) is 16.6. The predicted molar refractivity (Wildman–Crippen MR) is 193 cm³/mol. The molecule has 264 valence electrons. The summed E-state index contributed by atoms with van der Waals surface area (Å²) in [4.78, 5) is 42.7. The van der Waals surface area contributed by atoms with Crippen molar-refractivity contribution < 1.29 is 28.6 Å². The lowest BCUT2D eigenvalue weighted by Crippen LogP contribution is -2.43. The molecule has 0 saturated carbocycles. The molecule has 3 fully saturated rings. The minimum atomic E-state index is -0.566. The maximum absolute atomic E-state index is 12.9. The zero-order chi connectivity index (χ0) is 35.0. The number of likely N-dealkylation sites (tertiary alicyclic amines) is 1. The molecule has 1 aromatic heterocycles. The van der Waals surface area contributed by atoms with Crippen molar-refractivity contribution >= 4 is 22.9 Å². The number of piperidine rings is 2. The largest absolute Gasteiger partial charge is 0.462 e. The van der Waals surface area contributed by atoms with Crippen LogP contribution in [0.3, 0.4) is 0 Å². The van der Waals surface area contributed by atoms with E-state index in [2.05, 4.69) is 16.8 Å². The van der Waals surface area contributed by atoms with E-state index in [1.54, 1.807) is 25.1 Å². The number of nitrogens with zero attached hydrogens (tertiary/aromatic N) is 2. The summed E-state index contributed by atoms with van der Waals surface area (Å²) in [6.07, 6.45) is 7.93. The topological polar surface area (TPSA) is 110 Å². The summed E-state index contributed by atoms with van der Waals surface area (Å²) < 4.78 is 17.3. The quantitative estimate of drug-likeness (QED) is 0.203. The van der Waals surface area contributed by atoms with Crippen molar-refractivity contribution in [3.8, 4) is 11.3 Å². The van der Waals surface area contributed by atoms with Crippen LogP contribution >= 0.6 is 0 Å². The van der Waals surface area contributed by atoms with Crippen LogP contribution in [0.2, 0.25) is 0 Å². The molecule has 50 heavy (non-hydrogen) atoms. The van der Waals surface area contributed by atoms with Gasteiger partial charge in [-0.15, -0.1) is 0 Å². The van der Waals surface area contributed by atoms with E-state index in [9.17, 15) is 19.5 Å². The van der Waals surface area contributed by atoms with Gasteiger partial charge in [0, 0.05) is 29.8 Å². The first-order valence-electron chi connectivity index (χ1n) is 17.9. The van der Waals surface area contributed by atoms with Crippen LogP contribution in [-0.2, 0) is 14.3 Å². The normalized spacial score (nSPS) is 21.2. The van der Waals surface area contributed by atoms with E-state index >= 15 is 0 Å². The minimum absolute atomic E-state index is 0.00367. The van der Waals surface area contributed by atoms with Crippen LogP contribution in [0.15, 0.2) is 88.1 Å². The number of carbonyl (C=O) groups is 2. The summed E-state index contributed by atoms with van der Waals surface area (Å²) in [7, 11) is 2.17. The maximum Gasteiger partial charge on any atom is 0.342 e. The molecule has 0 radical (unpaired) electrons. The molecule has 9 heteroatoms. The van der Waals surface area contributed by atoms with Gasteiger partial charge in [-0.05, 0) is 83.3 Å². The fourth-order valence-electron chi connectivity index (χ4n) is 7.57. The highest BCUT2D eigenvalue weighted by molar-refractivity contribution is 6.02. The number of carbonyl (C=O) groups excluding carboxylic acids is 2. The molecule has 4 heterocycles. The number of rotatable bonds is 9. The molecule has 0 spiro atoms. The molecule has 3 saturated heterocycles. The number of para-hydroxylation sites is 1. The second-order valence-corrected chi connectivity index (χ2v) is 13.7. The van der Waals surface area contributed by atoms with Gasteiger partial charge in [0.05, 0.1) is 12.0 Å². The zero-order valence-corrected chi connectivity index (χ0v) is 29.1. The molecule has 0 aliphatic carbocycles. The summed E-state index contributed by atoms with van der Waals surface area (Å²) >= 11 is 0. The second-order valence-electron chi connectivity index (χ2n) is 13.7. The van der Waals surface area contributed by atoms with E-state index < -0.39 is 11.9 Å². The minimum Gasteiger partial charge on any atom is -0.462 e. The number of ether oxygens (including phenoxy) is 2. The highest BCUT2D eigenvalue weighted by atomic mass is 16.5. The Hall–Kier alpha value is -4.31. The predicted octanol–water partition coefficient (Wildman–Crippen LogP) is 6.34. The van der Waals surface area contributed by atoms with Gasteiger partial charge in [0.15, 0.2) is 11.0 Å². The number of esters is 2. The average Bonchev–Trinajstić information content (AvgIpc) is 3.34. The Morgan fingerprint density at radius 1 is 0.900 bits per heavy atom. The number of benzene rings is 3. The van der Waals surface area contributed by atoms with Crippen molar-refractivity contribution in [1.29, 1.82) is 0 Å². The van der Waals surface area contributed by atoms with Crippen LogP contribution in [0.25, 0.3) is 22.3 Å². The van der Waals surface area contributed by atoms with Crippen molar-refractivity contribution in [3.05, 3.63) is 106 Å². The Kier molecular flexibility index (Phi) is 11.8. The van der Waals surface area contributed by atoms with Crippen LogP contribution in [0.4, 0.5) is 0 Å². The molecule has 7 rings (SSSR count). The number of hydrogen-bond donors (Lipinski definition) is 1. The summed E-state index contributed by atoms with van der Waals surface area (Å²) in [5.41, 5.74) is 2.59. The number of fused-ring (bicyclic) bond motifs is 3. The first-order valence-corrected chi connectivity index (χ1v) is 17.9. The molecule has 3 aliphatic rings. The highest BCUT2D eigenvalue weighted by Gasteiger charge is 2.40. The monoisotopic (exact) mass is 680 g/mol. The van der Waals surface area contributed by atoms with E-state index in [1.165, 1.54) is 32.1 Å². The lowest BCUT2D eigenvalue weighted by atomic mass is 9.98. The van der Waals surface area contributed by atoms with E-state index in [-0.39, 0.29) is 35.3 Å².